The molecule has 1 aromatic carbocycles. The van der Waals surface area contributed by atoms with E-state index in [2.05, 4.69) is 10.3 Å². The third-order valence-electron chi connectivity index (χ3n) is 6.10. The molecule has 32 heavy (non-hydrogen) atoms. The molecule has 6 nitrogen and oxygen atoms in total. The van der Waals surface area contributed by atoms with Gasteiger partial charge < -0.3 is 15.8 Å². The fraction of sp³-hybridized carbons (Fsp3) is 0.417. The minimum atomic E-state index is -0.674. The molecule has 0 aliphatic heterocycles. The standard InChI is InChI=1S/C24H28F2N4O2/c1-15-11-20(32-13-17-18(25)7-6-8-19(17)26)22-29-16(2)21(30(22)12-15)23(31)28-14-24(27)9-4-3-5-10-24/h6-8,11-12H,3-5,9-10,13-14,27H2,1-2H3,(H,28,31). The first kappa shape index (κ1) is 22.2. The number of benzene rings is 1. The predicted molar refractivity (Wildman–Crippen MR) is 118 cm³/mol. The number of halogens is 2. The highest BCUT2D eigenvalue weighted by atomic mass is 19.1. The lowest BCUT2D eigenvalue weighted by Gasteiger charge is -2.33. The Labute approximate surface area is 185 Å². The Kier molecular flexibility index (Phi) is 6.15. The summed E-state index contributed by atoms with van der Waals surface area (Å²) in [6.45, 7) is 3.71. The molecule has 8 heteroatoms. The van der Waals surface area contributed by atoms with Gasteiger partial charge in [-0.2, -0.15) is 0 Å². The average Bonchev–Trinajstić information content (AvgIpc) is 3.08. The van der Waals surface area contributed by atoms with E-state index in [0.717, 1.165) is 31.2 Å². The summed E-state index contributed by atoms with van der Waals surface area (Å²) in [7, 11) is 0. The summed E-state index contributed by atoms with van der Waals surface area (Å²) in [4.78, 5) is 17.6. The summed E-state index contributed by atoms with van der Waals surface area (Å²) in [6.07, 6.45) is 6.90. The molecule has 1 aliphatic rings. The van der Waals surface area contributed by atoms with Crippen LogP contribution in [-0.2, 0) is 6.61 Å². The molecule has 0 unspecified atom stereocenters. The van der Waals surface area contributed by atoms with E-state index in [4.69, 9.17) is 10.5 Å². The quantitative estimate of drug-likeness (QED) is 0.600. The topological polar surface area (TPSA) is 81.6 Å². The summed E-state index contributed by atoms with van der Waals surface area (Å²) >= 11 is 0. The van der Waals surface area contributed by atoms with E-state index in [0.29, 0.717) is 29.3 Å². The summed E-state index contributed by atoms with van der Waals surface area (Å²) in [5, 5.41) is 2.98. The minimum Gasteiger partial charge on any atom is -0.485 e. The van der Waals surface area contributed by atoms with Crippen LogP contribution >= 0.6 is 0 Å². The van der Waals surface area contributed by atoms with Gasteiger partial charge >= 0.3 is 0 Å². The van der Waals surface area contributed by atoms with Gasteiger partial charge in [0, 0.05) is 18.3 Å². The number of hydrogen-bond donors (Lipinski definition) is 2. The van der Waals surface area contributed by atoms with Crippen LogP contribution in [-0.4, -0.2) is 27.4 Å². The number of imidazole rings is 1. The average molecular weight is 443 g/mol. The Bertz CT molecular complexity index is 1130. The van der Waals surface area contributed by atoms with Crippen LogP contribution in [0.4, 0.5) is 8.78 Å². The number of aromatic nitrogens is 2. The van der Waals surface area contributed by atoms with E-state index < -0.39 is 11.6 Å². The number of carbonyl (C=O) groups excluding carboxylic acids is 1. The Hall–Kier alpha value is -3.00. The van der Waals surface area contributed by atoms with Crippen molar-refractivity contribution >= 4 is 11.6 Å². The predicted octanol–water partition coefficient (Wildman–Crippen LogP) is 4.20. The fourth-order valence-electron chi connectivity index (χ4n) is 4.33. The third-order valence-corrected chi connectivity index (χ3v) is 6.10. The first-order valence-electron chi connectivity index (χ1n) is 10.9. The highest BCUT2D eigenvalue weighted by Gasteiger charge is 2.29. The van der Waals surface area contributed by atoms with Gasteiger partial charge in [-0.1, -0.05) is 25.3 Å². The van der Waals surface area contributed by atoms with Gasteiger partial charge in [0.2, 0.25) is 0 Å². The molecule has 0 radical (unpaired) electrons. The number of nitrogens with one attached hydrogen (secondary N) is 1. The van der Waals surface area contributed by atoms with Crippen molar-refractivity contribution in [1.82, 2.24) is 14.7 Å². The van der Waals surface area contributed by atoms with Crippen LogP contribution in [0.1, 0.15) is 59.4 Å². The van der Waals surface area contributed by atoms with Gasteiger partial charge in [0.1, 0.15) is 23.9 Å². The highest BCUT2D eigenvalue weighted by molar-refractivity contribution is 5.95. The zero-order chi connectivity index (χ0) is 22.9. The molecule has 0 saturated heterocycles. The molecular formula is C24H28F2N4O2. The second-order valence-corrected chi connectivity index (χ2v) is 8.72. The number of rotatable bonds is 6. The van der Waals surface area contributed by atoms with Gasteiger partial charge in [-0.05, 0) is 50.5 Å². The van der Waals surface area contributed by atoms with E-state index in [1.54, 1.807) is 23.6 Å². The summed E-state index contributed by atoms with van der Waals surface area (Å²) in [5.74, 6) is -1.27. The van der Waals surface area contributed by atoms with Crippen LogP contribution in [0, 0.1) is 25.5 Å². The lowest BCUT2D eigenvalue weighted by atomic mass is 9.82. The number of ether oxygens (including phenoxy) is 1. The van der Waals surface area contributed by atoms with Gasteiger partial charge in [0.15, 0.2) is 11.4 Å². The van der Waals surface area contributed by atoms with E-state index in [1.807, 2.05) is 6.92 Å². The van der Waals surface area contributed by atoms with E-state index in [-0.39, 0.29) is 23.6 Å². The molecule has 4 rings (SSSR count). The number of carbonyl (C=O) groups is 1. The molecule has 3 aromatic rings. The number of hydrogen-bond acceptors (Lipinski definition) is 4. The molecule has 0 bridgehead atoms. The molecule has 1 saturated carbocycles. The first-order chi connectivity index (χ1) is 15.3. The first-order valence-corrected chi connectivity index (χ1v) is 10.9. The minimum absolute atomic E-state index is 0.158. The van der Waals surface area contributed by atoms with Gasteiger partial charge in [-0.3, -0.25) is 9.20 Å². The van der Waals surface area contributed by atoms with Crippen LogP contribution in [0.2, 0.25) is 0 Å². The fourth-order valence-corrected chi connectivity index (χ4v) is 4.33. The van der Waals surface area contributed by atoms with Crippen LogP contribution in [0.5, 0.6) is 5.75 Å². The second kappa shape index (κ2) is 8.86. The van der Waals surface area contributed by atoms with Gasteiger partial charge in [0.05, 0.1) is 11.3 Å². The van der Waals surface area contributed by atoms with Gasteiger partial charge in [-0.15, -0.1) is 0 Å². The Balaban J connectivity index is 1.59. The number of nitrogens with two attached hydrogens (primary N) is 1. The molecule has 3 N–H and O–H groups in total. The van der Waals surface area contributed by atoms with Crippen molar-refractivity contribution in [1.29, 1.82) is 0 Å². The second-order valence-electron chi connectivity index (χ2n) is 8.72. The zero-order valence-corrected chi connectivity index (χ0v) is 18.4. The van der Waals surface area contributed by atoms with Crippen LogP contribution in [0.3, 0.4) is 0 Å². The van der Waals surface area contributed by atoms with Crippen molar-refractivity contribution in [3.63, 3.8) is 0 Å². The van der Waals surface area contributed by atoms with Crippen LogP contribution < -0.4 is 15.8 Å². The molecule has 1 fully saturated rings. The maximum absolute atomic E-state index is 14.0. The Morgan fingerprint density at radius 3 is 2.59 bits per heavy atom. The van der Waals surface area contributed by atoms with Gasteiger partial charge in [0.25, 0.3) is 5.91 Å². The molecule has 0 spiro atoms. The van der Waals surface area contributed by atoms with Crippen LogP contribution in [0.15, 0.2) is 30.5 Å². The normalized spacial score (nSPS) is 15.7. The molecule has 2 aromatic heterocycles. The van der Waals surface area contributed by atoms with Crippen molar-refractivity contribution in [3.8, 4) is 5.75 Å². The van der Waals surface area contributed by atoms with Crippen molar-refractivity contribution in [2.45, 2.75) is 58.1 Å². The summed E-state index contributed by atoms with van der Waals surface area (Å²) in [6, 6.07) is 5.41. The molecular weight excluding hydrogens is 414 g/mol. The number of amides is 1. The van der Waals surface area contributed by atoms with Crippen molar-refractivity contribution in [3.05, 3.63) is 64.6 Å². The smallest absolute Gasteiger partial charge is 0.270 e. The van der Waals surface area contributed by atoms with Gasteiger partial charge in [-0.25, -0.2) is 13.8 Å². The zero-order valence-electron chi connectivity index (χ0n) is 18.4. The Morgan fingerprint density at radius 2 is 1.91 bits per heavy atom. The number of nitrogens with zero attached hydrogens (tertiary/aromatic N) is 2. The van der Waals surface area contributed by atoms with Crippen molar-refractivity contribution in [2.75, 3.05) is 6.54 Å². The molecule has 170 valence electrons. The molecule has 0 atom stereocenters. The van der Waals surface area contributed by atoms with Crippen LogP contribution in [0.25, 0.3) is 5.65 Å². The van der Waals surface area contributed by atoms with E-state index in [9.17, 15) is 13.6 Å². The maximum Gasteiger partial charge on any atom is 0.270 e. The Morgan fingerprint density at radius 1 is 1.22 bits per heavy atom. The van der Waals surface area contributed by atoms with Crippen molar-refractivity contribution < 1.29 is 18.3 Å². The van der Waals surface area contributed by atoms with E-state index in [1.165, 1.54) is 24.6 Å². The lowest BCUT2D eigenvalue weighted by molar-refractivity contribution is 0.0931. The number of aryl methyl sites for hydroxylation is 2. The summed E-state index contributed by atoms with van der Waals surface area (Å²) in [5.41, 5.74) is 8.08. The molecule has 2 heterocycles. The van der Waals surface area contributed by atoms with E-state index >= 15 is 0 Å². The largest absolute Gasteiger partial charge is 0.485 e. The third kappa shape index (κ3) is 4.46. The molecule has 1 aliphatic carbocycles. The monoisotopic (exact) mass is 442 g/mol. The summed E-state index contributed by atoms with van der Waals surface area (Å²) < 4.78 is 35.4. The SMILES string of the molecule is Cc1cc(OCc2c(F)cccc2F)c2nc(C)c(C(=O)NCC3(N)CCCCC3)n2c1. The highest BCUT2D eigenvalue weighted by Crippen LogP contribution is 2.27. The lowest BCUT2D eigenvalue weighted by Crippen LogP contribution is -2.51. The maximum atomic E-state index is 14.0. The number of fused-ring (bicyclic) bond motifs is 1. The molecule has 1 amide bonds. The van der Waals surface area contributed by atoms with Crippen molar-refractivity contribution in [2.24, 2.45) is 5.73 Å². The number of pyridine rings is 1.